The van der Waals surface area contributed by atoms with Crippen molar-refractivity contribution in [2.45, 2.75) is 38.1 Å². The number of likely N-dealkylation sites (tertiary alicyclic amines) is 2. The molecule has 2 heterocycles. The summed E-state index contributed by atoms with van der Waals surface area (Å²) >= 11 is 5.98. The molecule has 0 bridgehead atoms. The third kappa shape index (κ3) is 6.16. The number of hydrogen-bond acceptors (Lipinski definition) is 5. The van der Waals surface area contributed by atoms with Crippen LogP contribution in [-0.4, -0.2) is 71.1 Å². The van der Waals surface area contributed by atoms with E-state index in [9.17, 15) is 19.7 Å². The first kappa shape index (κ1) is 22.0. The number of carbonyl (C=O) groups is 2. The van der Waals surface area contributed by atoms with Gasteiger partial charge in [0.1, 0.15) is 6.04 Å². The summed E-state index contributed by atoms with van der Waals surface area (Å²) in [4.78, 5) is 43.9. The van der Waals surface area contributed by atoms with Crippen LogP contribution in [0.5, 0.6) is 0 Å². The summed E-state index contributed by atoms with van der Waals surface area (Å²) in [5, 5.41) is 14.5. The Hall–Kier alpha value is -2.68. The lowest BCUT2D eigenvalue weighted by atomic mass is 10.1. The normalized spacial score (nSPS) is 20.2. The molecule has 2 aliphatic rings. The summed E-state index contributed by atoms with van der Waals surface area (Å²) in [5.41, 5.74) is 0.560. The highest BCUT2D eigenvalue weighted by molar-refractivity contribution is 6.30. The molecule has 2 saturated heterocycles. The van der Waals surface area contributed by atoms with Crippen LogP contribution in [0.15, 0.2) is 29.3 Å². The van der Waals surface area contributed by atoms with Crippen molar-refractivity contribution in [2.75, 3.05) is 38.0 Å². The Labute approximate surface area is 180 Å². The lowest BCUT2D eigenvalue weighted by Gasteiger charge is -2.25. The number of halogens is 1. The number of nitrogens with zero attached hydrogens (tertiary/aromatic N) is 4. The van der Waals surface area contributed by atoms with Gasteiger partial charge in [-0.2, -0.15) is 0 Å². The van der Waals surface area contributed by atoms with Crippen molar-refractivity contribution in [3.05, 3.63) is 39.4 Å². The number of nitrogens with one attached hydrogen (secondary N) is 1. The fraction of sp³-hybridized carbons (Fsp3) is 0.550. The number of hydrogen-bond donors (Lipinski definition) is 1. The molecule has 0 spiro atoms. The van der Waals surface area contributed by atoms with Crippen LogP contribution in [-0.2, 0) is 9.59 Å². The SMILES string of the molecule is O=C(CN1CCCCC(N=C(C[N+](=O)[O-])Nc2cccc(Cl)c2)C1=O)N1CCCC1. The monoisotopic (exact) mass is 435 g/mol. The number of nitro groups is 1. The van der Waals surface area contributed by atoms with E-state index in [0.29, 0.717) is 23.7 Å². The Morgan fingerprint density at radius 2 is 1.97 bits per heavy atom. The summed E-state index contributed by atoms with van der Waals surface area (Å²) in [7, 11) is 0. The quantitative estimate of drug-likeness (QED) is 0.319. The van der Waals surface area contributed by atoms with E-state index >= 15 is 0 Å². The van der Waals surface area contributed by atoms with Gasteiger partial charge in [-0.25, -0.2) is 0 Å². The smallest absolute Gasteiger partial charge is 0.260 e. The van der Waals surface area contributed by atoms with E-state index in [0.717, 1.165) is 38.8 Å². The standard InChI is InChI=1S/C20H26ClN5O4/c21-15-6-5-7-16(12-15)22-18(13-26(29)30)23-17-8-1-2-11-25(20(17)28)14-19(27)24-9-3-4-10-24/h5-7,12,17H,1-4,8-11,13-14H2,(H,22,23). The number of amides is 2. The molecule has 2 amide bonds. The highest BCUT2D eigenvalue weighted by atomic mass is 35.5. The molecule has 1 atom stereocenters. The maximum Gasteiger partial charge on any atom is 0.260 e. The second kappa shape index (κ2) is 10.4. The first-order chi connectivity index (χ1) is 14.4. The average molecular weight is 436 g/mol. The maximum absolute atomic E-state index is 13.1. The summed E-state index contributed by atoms with van der Waals surface area (Å²) in [6, 6.07) is 6.02. The first-order valence-electron chi connectivity index (χ1n) is 10.2. The molecular weight excluding hydrogens is 410 g/mol. The van der Waals surface area contributed by atoms with Crippen molar-refractivity contribution in [3.8, 4) is 0 Å². The van der Waals surface area contributed by atoms with Crippen molar-refractivity contribution in [3.63, 3.8) is 0 Å². The maximum atomic E-state index is 13.1. The molecule has 0 aromatic heterocycles. The Balaban J connectivity index is 1.74. The van der Waals surface area contributed by atoms with E-state index in [1.807, 2.05) is 0 Å². The number of rotatable bonds is 6. The van der Waals surface area contributed by atoms with E-state index in [4.69, 9.17) is 11.6 Å². The van der Waals surface area contributed by atoms with Crippen molar-refractivity contribution >= 4 is 34.9 Å². The van der Waals surface area contributed by atoms with Gasteiger partial charge in [0.2, 0.25) is 11.8 Å². The molecule has 2 fully saturated rings. The van der Waals surface area contributed by atoms with Crippen LogP contribution in [0, 0.1) is 10.1 Å². The van der Waals surface area contributed by atoms with Gasteiger partial charge in [-0.05, 0) is 50.3 Å². The zero-order chi connectivity index (χ0) is 21.5. The van der Waals surface area contributed by atoms with E-state index in [1.165, 1.54) is 0 Å². The molecule has 3 rings (SSSR count). The topological polar surface area (TPSA) is 108 Å². The molecule has 1 unspecified atom stereocenters. The lowest BCUT2D eigenvalue weighted by Crippen LogP contribution is -2.45. The van der Waals surface area contributed by atoms with E-state index in [2.05, 4.69) is 10.3 Å². The number of carbonyl (C=O) groups excluding carboxylic acids is 2. The second-order valence-corrected chi connectivity index (χ2v) is 8.00. The zero-order valence-corrected chi connectivity index (χ0v) is 17.5. The molecule has 2 aliphatic heterocycles. The van der Waals surface area contributed by atoms with Crippen LogP contribution < -0.4 is 5.32 Å². The zero-order valence-electron chi connectivity index (χ0n) is 16.8. The van der Waals surface area contributed by atoms with Crippen LogP contribution in [0.4, 0.5) is 5.69 Å². The van der Waals surface area contributed by atoms with Gasteiger partial charge in [-0.1, -0.05) is 17.7 Å². The fourth-order valence-electron chi connectivity index (χ4n) is 3.75. The van der Waals surface area contributed by atoms with Gasteiger partial charge >= 0.3 is 0 Å². The number of benzene rings is 1. The molecule has 0 aliphatic carbocycles. The predicted molar refractivity (Wildman–Crippen MR) is 114 cm³/mol. The minimum absolute atomic E-state index is 0.0388. The van der Waals surface area contributed by atoms with Crippen LogP contribution in [0.3, 0.4) is 0 Å². The number of amidine groups is 1. The van der Waals surface area contributed by atoms with Gasteiger partial charge in [0.05, 0.1) is 6.54 Å². The summed E-state index contributed by atoms with van der Waals surface area (Å²) < 4.78 is 0. The first-order valence-corrected chi connectivity index (χ1v) is 10.6. The van der Waals surface area contributed by atoms with Gasteiger partial charge in [0.15, 0.2) is 5.84 Å². The highest BCUT2D eigenvalue weighted by Crippen LogP contribution is 2.18. The summed E-state index contributed by atoms with van der Waals surface area (Å²) in [5.74, 6) is -0.213. The molecule has 1 aromatic carbocycles. The lowest BCUT2D eigenvalue weighted by molar-refractivity contribution is -0.463. The minimum Gasteiger partial charge on any atom is -0.341 e. The van der Waals surface area contributed by atoms with Crippen molar-refractivity contribution in [1.82, 2.24) is 9.80 Å². The van der Waals surface area contributed by atoms with Gasteiger partial charge in [0, 0.05) is 35.3 Å². The average Bonchev–Trinajstić information content (AvgIpc) is 3.17. The van der Waals surface area contributed by atoms with Crippen molar-refractivity contribution in [1.29, 1.82) is 0 Å². The predicted octanol–water partition coefficient (Wildman–Crippen LogP) is 2.43. The molecule has 9 nitrogen and oxygen atoms in total. The van der Waals surface area contributed by atoms with E-state index in [-0.39, 0.29) is 24.2 Å². The van der Waals surface area contributed by atoms with Crippen LogP contribution in [0.2, 0.25) is 5.02 Å². The molecule has 10 heteroatoms. The Morgan fingerprint density at radius 3 is 2.67 bits per heavy atom. The largest absolute Gasteiger partial charge is 0.341 e. The number of anilines is 1. The van der Waals surface area contributed by atoms with Gasteiger partial charge in [-0.15, -0.1) is 0 Å². The molecule has 0 saturated carbocycles. The minimum atomic E-state index is -0.750. The Bertz CT molecular complexity index is 825. The number of aliphatic imine (C=N–C) groups is 1. The second-order valence-electron chi connectivity index (χ2n) is 7.56. The van der Waals surface area contributed by atoms with Gasteiger partial charge in [0.25, 0.3) is 6.54 Å². The van der Waals surface area contributed by atoms with Crippen molar-refractivity contribution in [2.24, 2.45) is 4.99 Å². The van der Waals surface area contributed by atoms with Crippen LogP contribution in [0.1, 0.15) is 32.1 Å². The molecule has 1 aromatic rings. The van der Waals surface area contributed by atoms with E-state index in [1.54, 1.807) is 34.1 Å². The Kier molecular flexibility index (Phi) is 7.62. The third-order valence-electron chi connectivity index (χ3n) is 5.24. The Morgan fingerprint density at radius 1 is 1.23 bits per heavy atom. The fourth-order valence-corrected chi connectivity index (χ4v) is 3.94. The van der Waals surface area contributed by atoms with E-state index < -0.39 is 17.5 Å². The van der Waals surface area contributed by atoms with Crippen LogP contribution >= 0.6 is 11.6 Å². The highest BCUT2D eigenvalue weighted by Gasteiger charge is 2.30. The van der Waals surface area contributed by atoms with Gasteiger partial charge in [-0.3, -0.25) is 24.7 Å². The van der Waals surface area contributed by atoms with Gasteiger partial charge < -0.3 is 15.1 Å². The molecule has 30 heavy (non-hydrogen) atoms. The molecule has 0 radical (unpaired) electrons. The van der Waals surface area contributed by atoms with Crippen LogP contribution in [0.25, 0.3) is 0 Å². The summed E-state index contributed by atoms with van der Waals surface area (Å²) in [6.45, 7) is 1.47. The summed E-state index contributed by atoms with van der Waals surface area (Å²) in [6.07, 6.45) is 4.01. The van der Waals surface area contributed by atoms with Crippen molar-refractivity contribution < 1.29 is 14.5 Å². The molecular formula is C20H26ClN5O4. The molecule has 1 N–H and O–H groups in total. The molecule has 162 valence electrons. The third-order valence-corrected chi connectivity index (χ3v) is 5.48.